The molecule has 0 spiro atoms. The number of halogens is 1. The van der Waals surface area contributed by atoms with Crippen molar-refractivity contribution < 1.29 is 0 Å². The first-order valence-corrected chi connectivity index (χ1v) is 7.12. The van der Waals surface area contributed by atoms with Gasteiger partial charge in [-0.3, -0.25) is 0 Å². The molecule has 0 aliphatic heterocycles. The molecule has 1 aromatic carbocycles. The Bertz CT molecular complexity index is 590. The van der Waals surface area contributed by atoms with Crippen LogP contribution in [0.25, 0.3) is 11.4 Å². The average Bonchev–Trinajstić information content (AvgIpc) is 2.35. The standard InChI is InChI=1S/C14H15BrN2S/c1-9(2)8-11-12(15)14(18)17-13(16-11)10-6-4-3-5-7-10/h3-7,9H,8H2,1-2H3,(H,16,17,18). The van der Waals surface area contributed by atoms with Gasteiger partial charge in [0.25, 0.3) is 0 Å². The number of aromatic nitrogens is 2. The van der Waals surface area contributed by atoms with Crippen molar-refractivity contribution >= 4 is 28.1 Å². The molecule has 1 N–H and O–H groups in total. The number of rotatable bonds is 3. The highest BCUT2D eigenvalue weighted by Gasteiger charge is 2.09. The number of H-pyrrole nitrogens is 1. The van der Waals surface area contributed by atoms with Crippen molar-refractivity contribution in [3.8, 4) is 11.4 Å². The molecule has 0 fully saturated rings. The van der Waals surface area contributed by atoms with Gasteiger partial charge in [-0.25, -0.2) is 4.98 Å². The SMILES string of the molecule is CC(C)Cc1[nH]c(-c2ccccc2)nc(=S)c1Br. The number of nitrogens with zero attached hydrogens (tertiary/aromatic N) is 1. The first-order chi connectivity index (χ1) is 8.58. The van der Waals surface area contributed by atoms with E-state index in [0.717, 1.165) is 28.0 Å². The molecule has 2 aromatic rings. The zero-order valence-corrected chi connectivity index (χ0v) is 12.8. The van der Waals surface area contributed by atoms with Gasteiger partial charge < -0.3 is 4.98 Å². The summed E-state index contributed by atoms with van der Waals surface area (Å²) in [5.74, 6) is 1.40. The summed E-state index contributed by atoms with van der Waals surface area (Å²) in [4.78, 5) is 7.80. The van der Waals surface area contributed by atoms with Crippen LogP contribution in [0.4, 0.5) is 0 Å². The van der Waals surface area contributed by atoms with E-state index >= 15 is 0 Å². The Kier molecular flexibility index (Phi) is 4.30. The lowest BCUT2D eigenvalue weighted by molar-refractivity contribution is 0.632. The van der Waals surface area contributed by atoms with E-state index in [1.807, 2.05) is 30.3 Å². The second-order valence-corrected chi connectivity index (χ2v) is 5.83. The molecule has 0 saturated carbocycles. The first kappa shape index (κ1) is 13.4. The molecular formula is C14H15BrN2S. The van der Waals surface area contributed by atoms with Gasteiger partial charge in [-0.2, -0.15) is 0 Å². The van der Waals surface area contributed by atoms with Crippen LogP contribution in [0.2, 0.25) is 0 Å². The lowest BCUT2D eigenvalue weighted by atomic mass is 10.1. The topological polar surface area (TPSA) is 28.7 Å². The minimum absolute atomic E-state index is 0.568. The third-order valence-corrected chi connectivity index (χ3v) is 4.01. The van der Waals surface area contributed by atoms with Crippen LogP contribution in [-0.4, -0.2) is 9.97 Å². The zero-order valence-electron chi connectivity index (χ0n) is 10.4. The van der Waals surface area contributed by atoms with E-state index in [9.17, 15) is 0 Å². The van der Waals surface area contributed by atoms with Gasteiger partial charge in [0, 0.05) is 11.3 Å². The van der Waals surface area contributed by atoms with Crippen LogP contribution < -0.4 is 0 Å². The Morgan fingerprint density at radius 2 is 1.94 bits per heavy atom. The van der Waals surface area contributed by atoms with E-state index in [4.69, 9.17) is 12.2 Å². The van der Waals surface area contributed by atoms with Crippen molar-refractivity contribution in [2.45, 2.75) is 20.3 Å². The van der Waals surface area contributed by atoms with Gasteiger partial charge in [-0.15, -0.1) is 0 Å². The molecule has 0 aliphatic rings. The van der Waals surface area contributed by atoms with Crippen molar-refractivity contribution in [1.29, 1.82) is 0 Å². The van der Waals surface area contributed by atoms with Gasteiger partial charge in [0.2, 0.25) is 0 Å². The molecule has 1 heterocycles. The largest absolute Gasteiger partial charge is 0.342 e. The Hall–Kier alpha value is -1.00. The third kappa shape index (κ3) is 3.06. The monoisotopic (exact) mass is 322 g/mol. The summed E-state index contributed by atoms with van der Waals surface area (Å²) < 4.78 is 1.52. The van der Waals surface area contributed by atoms with Gasteiger partial charge in [-0.1, -0.05) is 56.4 Å². The second kappa shape index (κ2) is 5.76. The fraction of sp³-hybridized carbons (Fsp3) is 0.286. The summed E-state index contributed by atoms with van der Waals surface area (Å²) in [6.45, 7) is 4.37. The molecule has 2 nitrogen and oxygen atoms in total. The van der Waals surface area contributed by atoms with Gasteiger partial charge in [0.15, 0.2) is 0 Å². The molecule has 0 bridgehead atoms. The average molecular weight is 323 g/mol. The Morgan fingerprint density at radius 3 is 2.56 bits per heavy atom. The molecule has 1 aromatic heterocycles. The lowest BCUT2D eigenvalue weighted by Gasteiger charge is -2.10. The fourth-order valence-corrected chi connectivity index (χ4v) is 2.35. The van der Waals surface area contributed by atoms with Crippen LogP contribution in [0.15, 0.2) is 34.8 Å². The lowest BCUT2D eigenvalue weighted by Crippen LogP contribution is -2.02. The summed E-state index contributed by atoms with van der Waals surface area (Å²) in [5.41, 5.74) is 2.17. The van der Waals surface area contributed by atoms with E-state index in [0.29, 0.717) is 10.6 Å². The molecule has 0 atom stereocenters. The number of benzene rings is 1. The highest BCUT2D eigenvalue weighted by molar-refractivity contribution is 9.10. The van der Waals surface area contributed by atoms with Gasteiger partial charge >= 0.3 is 0 Å². The number of nitrogens with one attached hydrogen (secondary N) is 1. The summed E-state index contributed by atoms with van der Waals surface area (Å²) in [6.07, 6.45) is 0.951. The van der Waals surface area contributed by atoms with Crippen LogP contribution in [0, 0.1) is 10.6 Å². The molecule has 0 saturated heterocycles. The molecule has 94 valence electrons. The molecule has 0 radical (unpaired) electrons. The summed E-state index contributed by atoms with van der Waals surface area (Å²) >= 11 is 8.82. The van der Waals surface area contributed by atoms with E-state index in [2.05, 4.69) is 39.7 Å². The summed E-state index contributed by atoms with van der Waals surface area (Å²) in [5, 5.41) is 0. The second-order valence-electron chi connectivity index (χ2n) is 4.65. The minimum Gasteiger partial charge on any atom is -0.342 e. The Balaban J connectivity index is 2.51. The van der Waals surface area contributed by atoms with Gasteiger partial charge in [-0.05, 0) is 28.3 Å². The normalized spacial score (nSPS) is 10.9. The quantitative estimate of drug-likeness (QED) is 0.825. The van der Waals surface area contributed by atoms with Crippen LogP contribution >= 0.6 is 28.1 Å². The van der Waals surface area contributed by atoms with Gasteiger partial charge in [0.05, 0.1) is 4.47 Å². The first-order valence-electron chi connectivity index (χ1n) is 5.92. The molecule has 2 rings (SSSR count). The Labute approximate surface area is 121 Å². The summed E-state index contributed by atoms with van der Waals surface area (Å²) in [6, 6.07) is 10.0. The highest BCUT2D eigenvalue weighted by Crippen LogP contribution is 2.23. The van der Waals surface area contributed by atoms with E-state index in [1.165, 1.54) is 0 Å². The van der Waals surface area contributed by atoms with Crippen LogP contribution in [0.1, 0.15) is 19.5 Å². The molecule has 18 heavy (non-hydrogen) atoms. The van der Waals surface area contributed by atoms with E-state index < -0.39 is 0 Å². The maximum Gasteiger partial charge on any atom is 0.144 e. The highest BCUT2D eigenvalue weighted by atomic mass is 79.9. The van der Waals surface area contributed by atoms with Crippen LogP contribution in [0.3, 0.4) is 0 Å². The molecule has 0 amide bonds. The van der Waals surface area contributed by atoms with Gasteiger partial charge in [0.1, 0.15) is 10.5 Å². The zero-order chi connectivity index (χ0) is 13.1. The third-order valence-electron chi connectivity index (χ3n) is 2.59. The molecule has 0 unspecified atom stereocenters. The summed E-state index contributed by atoms with van der Waals surface area (Å²) in [7, 11) is 0. The van der Waals surface area contributed by atoms with Crippen molar-refractivity contribution in [2.24, 2.45) is 5.92 Å². The number of hydrogen-bond acceptors (Lipinski definition) is 2. The molecule has 0 aliphatic carbocycles. The maximum atomic E-state index is 5.30. The fourth-order valence-electron chi connectivity index (χ4n) is 1.79. The van der Waals surface area contributed by atoms with Crippen LogP contribution in [-0.2, 0) is 6.42 Å². The van der Waals surface area contributed by atoms with Crippen LogP contribution in [0.5, 0.6) is 0 Å². The maximum absolute atomic E-state index is 5.30. The molecular weight excluding hydrogens is 308 g/mol. The number of aromatic amines is 1. The Morgan fingerprint density at radius 1 is 1.28 bits per heavy atom. The van der Waals surface area contributed by atoms with Crippen molar-refractivity contribution in [3.05, 3.63) is 45.1 Å². The van der Waals surface area contributed by atoms with E-state index in [1.54, 1.807) is 0 Å². The van der Waals surface area contributed by atoms with Crippen molar-refractivity contribution in [2.75, 3.05) is 0 Å². The van der Waals surface area contributed by atoms with Crippen molar-refractivity contribution in [3.63, 3.8) is 0 Å². The predicted octanol–water partition coefficient (Wildman–Crippen LogP) is 4.77. The van der Waals surface area contributed by atoms with E-state index in [-0.39, 0.29) is 0 Å². The predicted molar refractivity (Wildman–Crippen MR) is 81.1 cm³/mol. The smallest absolute Gasteiger partial charge is 0.144 e. The molecule has 4 heteroatoms. The number of hydrogen-bond donors (Lipinski definition) is 1. The van der Waals surface area contributed by atoms with Crippen molar-refractivity contribution in [1.82, 2.24) is 9.97 Å². The minimum atomic E-state index is 0.568.